The first-order valence-electron chi connectivity index (χ1n) is 9.16. The van der Waals surface area contributed by atoms with Crippen LogP contribution in [0.3, 0.4) is 0 Å². The number of benzene rings is 2. The van der Waals surface area contributed by atoms with E-state index in [1.807, 2.05) is 71.1 Å². The highest BCUT2D eigenvalue weighted by Crippen LogP contribution is 2.30. The predicted molar refractivity (Wildman–Crippen MR) is 109 cm³/mol. The number of aromatic nitrogens is 1. The van der Waals surface area contributed by atoms with Gasteiger partial charge in [-0.15, -0.1) is 0 Å². The molecule has 0 bridgehead atoms. The summed E-state index contributed by atoms with van der Waals surface area (Å²) < 4.78 is 6.93. The first kappa shape index (κ1) is 17.7. The molecule has 0 amide bonds. The van der Waals surface area contributed by atoms with Gasteiger partial charge < -0.3 is 9.14 Å². The van der Waals surface area contributed by atoms with E-state index in [2.05, 4.69) is 0 Å². The van der Waals surface area contributed by atoms with E-state index in [9.17, 15) is 9.59 Å². The topological polar surface area (TPSA) is 47.8 Å². The molecular formula is C24H19NO3. The molecule has 0 saturated carbocycles. The van der Waals surface area contributed by atoms with E-state index in [0.29, 0.717) is 23.4 Å². The number of ketones is 1. The monoisotopic (exact) mass is 369 g/mol. The smallest absolute Gasteiger partial charge is 0.338 e. The summed E-state index contributed by atoms with van der Waals surface area (Å²) in [6.45, 7) is 2.09. The summed E-state index contributed by atoms with van der Waals surface area (Å²) in [6, 6.07) is 24.4. The Kier molecular flexibility index (Phi) is 4.77. The van der Waals surface area contributed by atoms with Gasteiger partial charge in [0.1, 0.15) is 5.69 Å². The van der Waals surface area contributed by atoms with Crippen LogP contribution in [0, 0.1) is 0 Å². The van der Waals surface area contributed by atoms with Crippen molar-refractivity contribution in [3.05, 3.63) is 102 Å². The Labute approximate surface area is 163 Å². The van der Waals surface area contributed by atoms with Crippen LogP contribution in [-0.4, -0.2) is 22.8 Å². The predicted octanol–water partition coefficient (Wildman–Crippen LogP) is 5.01. The van der Waals surface area contributed by atoms with Gasteiger partial charge in [0.2, 0.25) is 5.78 Å². The van der Waals surface area contributed by atoms with Gasteiger partial charge in [0, 0.05) is 22.8 Å². The molecule has 4 nitrogen and oxygen atoms in total. The molecule has 0 radical (unpaired) electrons. The molecule has 0 fully saturated rings. The first-order valence-corrected chi connectivity index (χ1v) is 9.16. The highest BCUT2D eigenvalue weighted by molar-refractivity contribution is 6.13. The summed E-state index contributed by atoms with van der Waals surface area (Å²) in [6.07, 6.45) is 1.75. The van der Waals surface area contributed by atoms with Gasteiger partial charge in [-0.3, -0.25) is 4.79 Å². The maximum Gasteiger partial charge on any atom is 0.338 e. The van der Waals surface area contributed by atoms with E-state index < -0.39 is 0 Å². The van der Waals surface area contributed by atoms with Gasteiger partial charge in [-0.05, 0) is 30.7 Å². The van der Waals surface area contributed by atoms with E-state index in [-0.39, 0.29) is 11.8 Å². The molecule has 28 heavy (non-hydrogen) atoms. The maximum atomic E-state index is 13.3. The lowest BCUT2D eigenvalue weighted by atomic mass is 10.0. The fourth-order valence-corrected chi connectivity index (χ4v) is 3.32. The third-order valence-electron chi connectivity index (χ3n) is 4.62. The molecule has 0 aliphatic carbocycles. The lowest BCUT2D eigenvalue weighted by molar-refractivity contribution is 0.0526. The molecule has 2 aromatic carbocycles. The number of nitrogens with zero attached hydrogens (tertiary/aromatic N) is 1. The van der Waals surface area contributed by atoms with Crippen molar-refractivity contribution in [2.75, 3.05) is 6.61 Å². The SMILES string of the molecule is CCOC(=O)c1ccn2c(C(=O)c3ccccc3)c(-c3ccccc3)cc2c1. The molecule has 0 N–H and O–H groups in total. The molecule has 0 saturated heterocycles. The van der Waals surface area contributed by atoms with E-state index in [1.54, 1.807) is 25.3 Å². The zero-order valence-corrected chi connectivity index (χ0v) is 15.5. The van der Waals surface area contributed by atoms with Crippen molar-refractivity contribution in [3.8, 4) is 11.1 Å². The van der Waals surface area contributed by atoms with Crippen LogP contribution in [0.5, 0.6) is 0 Å². The average Bonchev–Trinajstić information content (AvgIpc) is 3.13. The largest absolute Gasteiger partial charge is 0.462 e. The van der Waals surface area contributed by atoms with Crippen LogP contribution in [0.1, 0.15) is 33.3 Å². The summed E-state index contributed by atoms with van der Waals surface area (Å²) in [5, 5.41) is 0. The fourth-order valence-electron chi connectivity index (χ4n) is 3.32. The van der Waals surface area contributed by atoms with Crippen molar-refractivity contribution < 1.29 is 14.3 Å². The third-order valence-corrected chi connectivity index (χ3v) is 4.62. The molecule has 0 spiro atoms. The zero-order chi connectivity index (χ0) is 19.5. The van der Waals surface area contributed by atoms with Gasteiger partial charge in [-0.1, -0.05) is 60.7 Å². The third kappa shape index (κ3) is 3.21. The molecule has 0 unspecified atom stereocenters. The molecule has 4 aromatic rings. The number of fused-ring (bicyclic) bond motifs is 1. The molecule has 0 aliphatic rings. The quantitative estimate of drug-likeness (QED) is 0.367. The molecular weight excluding hydrogens is 350 g/mol. The van der Waals surface area contributed by atoms with Crippen LogP contribution < -0.4 is 0 Å². The normalized spacial score (nSPS) is 10.8. The molecule has 2 aromatic heterocycles. The zero-order valence-electron chi connectivity index (χ0n) is 15.5. The van der Waals surface area contributed by atoms with Crippen molar-refractivity contribution in [1.29, 1.82) is 0 Å². The fraction of sp³-hybridized carbons (Fsp3) is 0.0833. The van der Waals surface area contributed by atoms with Crippen molar-refractivity contribution in [2.24, 2.45) is 0 Å². The summed E-state index contributed by atoms with van der Waals surface area (Å²) in [4.78, 5) is 25.4. The Bertz CT molecular complexity index is 1140. The molecule has 4 heteroatoms. The number of rotatable bonds is 5. The van der Waals surface area contributed by atoms with Gasteiger partial charge in [0.25, 0.3) is 0 Å². The second-order valence-corrected chi connectivity index (χ2v) is 6.40. The van der Waals surface area contributed by atoms with Gasteiger partial charge >= 0.3 is 5.97 Å². The lowest BCUT2D eigenvalue weighted by Gasteiger charge is -2.07. The Hall–Kier alpha value is -3.66. The molecule has 2 heterocycles. The van der Waals surface area contributed by atoms with Gasteiger partial charge in [-0.2, -0.15) is 0 Å². The van der Waals surface area contributed by atoms with E-state index in [4.69, 9.17) is 4.74 Å². The van der Waals surface area contributed by atoms with Crippen LogP contribution in [0.4, 0.5) is 0 Å². The molecule has 138 valence electrons. The van der Waals surface area contributed by atoms with Crippen molar-refractivity contribution >= 4 is 17.3 Å². The Morgan fingerprint density at radius 2 is 1.54 bits per heavy atom. The number of hydrogen-bond donors (Lipinski definition) is 0. The second-order valence-electron chi connectivity index (χ2n) is 6.40. The van der Waals surface area contributed by atoms with Crippen molar-refractivity contribution in [1.82, 2.24) is 4.40 Å². The number of pyridine rings is 1. The average molecular weight is 369 g/mol. The molecule has 4 rings (SSSR count). The summed E-state index contributed by atoms with van der Waals surface area (Å²) in [5.74, 6) is -0.438. The number of carbonyl (C=O) groups is 2. The second kappa shape index (κ2) is 7.53. The highest BCUT2D eigenvalue weighted by Gasteiger charge is 2.21. The summed E-state index contributed by atoms with van der Waals surface area (Å²) in [7, 11) is 0. The van der Waals surface area contributed by atoms with Crippen LogP contribution in [0.15, 0.2) is 85.1 Å². The highest BCUT2D eigenvalue weighted by atomic mass is 16.5. The summed E-state index contributed by atoms with van der Waals surface area (Å²) in [5.41, 5.74) is 4.20. The standard InChI is InChI=1S/C24H19NO3/c1-2-28-24(27)19-13-14-25-20(15-19)16-21(17-9-5-3-6-10-17)22(25)23(26)18-11-7-4-8-12-18/h3-16H,2H2,1H3. The molecule has 0 atom stereocenters. The summed E-state index contributed by atoms with van der Waals surface area (Å²) >= 11 is 0. The van der Waals surface area contributed by atoms with Crippen molar-refractivity contribution in [2.45, 2.75) is 6.92 Å². The number of hydrogen-bond acceptors (Lipinski definition) is 3. The van der Waals surface area contributed by atoms with E-state index >= 15 is 0 Å². The van der Waals surface area contributed by atoms with Crippen LogP contribution in [0.2, 0.25) is 0 Å². The lowest BCUT2D eigenvalue weighted by Crippen LogP contribution is -2.08. The van der Waals surface area contributed by atoms with Gasteiger partial charge in [-0.25, -0.2) is 4.79 Å². The minimum atomic E-state index is -0.372. The van der Waals surface area contributed by atoms with Gasteiger partial charge in [0.05, 0.1) is 12.2 Å². The number of carbonyl (C=O) groups excluding carboxylic acids is 2. The molecule has 0 aliphatic heterocycles. The Balaban J connectivity index is 1.92. The van der Waals surface area contributed by atoms with Gasteiger partial charge in [0.15, 0.2) is 0 Å². The van der Waals surface area contributed by atoms with Crippen LogP contribution >= 0.6 is 0 Å². The minimum Gasteiger partial charge on any atom is -0.462 e. The first-order chi connectivity index (χ1) is 13.7. The Morgan fingerprint density at radius 3 is 2.21 bits per heavy atom. The Morgan fingerprint density at radius 1 is 0.857 bits per heavy atom. The van der Waals surface area contributed by atoms with E-state index in [0.717, 1.165) is 16.6 Å². The van der Waals surface area contributed by atoms with E-state index in [1.165, 1.54) is 0 Å². The van der Waals surface area contributed by atoms with Crippen LogP contribution in [0.25, 0.3) is 16.6 Å². The van der Waals surface area contributed by atoms with Crippen LogP contribution in [-0.2, 0) is 4.74 Å². The number of esters is 1. The number of ether oxygens (including phenoxy) is 1. The maximum absolute atomic E-state index is 13.3. The van der Waals surface area contributed by atoms with Crippen molar-refractivity contribution in [3.63, 3.8) is 0 Å². The minimum absolute atomic E-state index is 0.0664.